The first kappa shape index (κ1) is 44.1. The van der Waals surface area contributed by atoms with Crippen molar-refractivity contribution in [2.45, 2.75) is 58.3 Å². The number of nitrogens with two attached hydrogens (primary N) is 2. The number of ether oxygens (including phenoxy) is 4. The molecule has 0 spiro atoms. The molecule has 2 aromatic heterocycles. The number of benzene rings is 2. The Morgan fingerprint density at radius 2 is 1.20 bits per heavy atom. The van der Waals surface area contributed by atoms with Crippen molar-refractivity contribution in [2.75, 3.05) is 26.9 Å². The third-order valence-electron chi connectivity index (χ3n) is 11.9. The van der Waals surface area contributed by atoms with E-state index in [2.05, 4.69) is 30.0 Å². The molecule has 2 saturated carbocycles. The molecule has 0 bridgehead atoms. The number of hydrazine groups is 1. The second-order valence-corrected chi connectivity index (χ2v) is 17.7. The molecule has 4 heterocycles. The average molecular weight is 908 g/mol. The molecular weight excluding hydrogens is 867 g/mol. The van der Waals surface area contributed by atoms with Gasteiger partial charge >= 0.3 is 23.9 Å². The molecule has 8 rings (SSSR count). The fraction of sp³-hybridized carbons (Fsp3) is 0.312. The predicted molar refractivity (Wildman–Crippen MR) is 239 cm³/mol. The van der Waals surface area contributed by atoms with Gasteiger partial charge in [-0.3, -0.25) is 0 Å². The van der Waals surface area contributed by atoms with E-state index < -0.39 is 35.7 Å². The summed E-state index contributed by atoms with van der Waals surface area (Å²) in [7, 11) is 1.18. The number of fused-ring (bicyclic) bond motifs is 2. The Morgan fingerprint density at radius 1 is 0.692 bits per heavy atom. The van der Waals surface area contributed by atoms with Crippen molar-refractivity contribution in [3.63, 3.8) is 0 Å². The maximum atomic E-state index is 14.7. The fourth-order valence-electron chi connectivity index (χ4n) is 8.32. The van der Waals surface area contributed by atoms with Gasteiger partial charge in [0.1, 0.15) is 23.8 Å². The monoisotopic (exact) mass is 907 g/mol. The molecule has 4 N–H and O–H groups in total. The topological polar surface area (TPSA) is 235 Å². The van der Waals surface area contributed by atoms with Gasteiger partial charge in [-0.05, 0) is 109 Å². The van der Waals surface area contributed by atoms with Crippen LogP contribution >= 0.6 is 22.7 Å². The number of methoxy groups -OCH3 is 1. The normalized spacial score (nSPS) is 18.5. The van der Waals surface area contributed by atoms with Crippen LogP contribution in [0.1, 0.15) is 86.1 Å². The van der Waals surface area contributed by atoms with E-state index in [1.54, 1.807) is 55.8 Å². The van der Waals surface area contributed by atoms with E-state index in [9.17, 15) is 35.0 Å². The molecule has 17 heteroatoms. The lowest BCUT2D eigenvalue weighted by molar-refractivity contribution is -0.142. The number of hydrogen-bond acceptors (Lipinski definition) is 17. The molecule has 328 valence electrons. The van der Waals surface area contributed by atoms with Crippen molar-refractivity contribution in [3.8, 4) is 30.0 Å². The molecule has 0 amide bonds. The van der Waals surface area contributed by atoms with Crippen LogP contribution in [0.15, 0.2) is 86.4 Å². The SMILES string of the molecule is CC#CCOC(=O)C1=C(C)N(N2C(C)=C(C(=O)OC)C(c3csc4c(C#N)cc(C#N)cc34)C(C(=O)OCC3CC3)=C2N)C(N)=C(C(=O)OCC2CC2)C1c1csc2c(C#N)cccc12. The van der Waals surface area contributed by atoms with E-state index in [0.29, 0.717) is 36.9 Å². The highest BCUT2D eigenvalue weighted by atomic mass is 32.1. The van der Waals surface area contributed by atoms with Crippen LogP contribution in [-0.2, 0) is 38.1 Å². The Bertz CT molecular complexity index is 3060. The zero-order valence-electron chi connectivity index (χ0n) is 35.8. The van der Waals surface area contributed by atoms with Crippen LogP contribution in [0.25, 0.3) is 20.2 Å². The third-order valence-corrected chi connectivity index (χ3v) is 14.0. The molecule has 0 saturated heterocycles. The van der Waals surface area contributed by atoms with Crippen molar-refractivity contribution in [2.24, 2.45) is 23.3 Å². The lowest BCUT2D eigenvalue weighted by Crippen LogP contribution is -2.51. The van der Waals surface area contributed by atoms with E-state index in [1.165, 1.54) is 45.9 Å². The number of nitrogens with zero attached hydrogens (tertiary/aromatic N) is 5. The van der Waals surface area contributed by atoms with Gasteiger partial charge in [0, 0.05) is 0 Å². The standard InChI is InChI=1S/C48H41N7O8S2/c1-5-6-14-61-46(57)36-25(3)55(43(52)39(47(58)62-20-26-10-11-26)37(36)33-22-64-41-29(18-50)8-7-9-31(33)41)54-24(2)35(45(56)60-4)38(40(44(54)53)48(59)63-21-27-12-13-27)34-23-65-42-30(19-51)15-28(17-49)16-32(34)42/h7-9,15-16,22-23,26-27,37-38H,10-14,20-21,52-53H2,1-4H3. The molecule has 4 aliphatic rings. The summed E-state index contributed by atoms with van der Waals surface area (Å²) in [6.45, 7) is 4.57. The van der Waals surface area contributed by atoms with Crippen LogP contribution in [0.2, 0.25) is 0 Å². The van der Waals surface area contributed by atoms with Gasteiger partial charge in [0.2, 0.25) is 0 Å². The Hall–Kier alpha value is -7.57. The Morgan fingerprint density at radius 3 is 1.69 bits per heavy atom. The van der Waals surface area contributed by atoms with E-state index in [0.717, 1.165) is 25.7 Å². The second-order valence-electron chi connectivity index (χ2n) is 16.0. The highest BCUT2D eigenvalue weighted by molar-refractivity contribution is 7.18. The van der Waals surface area contributed by atoms with Crippen molar-refractivity contribution in [3.05, 3.63) is 114 Å². The molecule has 2 atom stereocenters. The van der Waals surface area contributed by atoms with Gasteiger partial charge < -0.3 is 30.4 Å². The van der Waals surface area contributed by atoms with Crippen molar-refractivity contribution in [1.29, 1.82) is 15.8 Å². The minimum atomic E-state index is -1.27. The summed E-state index contributed by atoms with van der Waals surface area (Å²) in [5, 5.41) is 37.1. The van der Waals surface area contributed by atoms with Gasteiger partial charge in [0.25, 0.3) is 0 Å². The maximum Gasteiger partial charge on any atom is 0.338 e. The van der Waals surface area contributed by atoms with Gasteiger partial charge in [0.15, 0.2) is 6.61 Å². The highest BCUT2D eigenvalue weighted by Gasteiger charge is 2.49. The number of nitriles is 3. The summed E-state index contributed by atoms with van der Waals surface area (Å²) in [6.07, 6.45) is 3.44. The van der Waals surface area contributed by atoms with E-state index in [4.69, 9.17) is 30.4 Å². The minimum Gasteiger partial charge on any atom is -0.466 e. The van der Waals surface area contributed by atoms with Gasteiger partial charge in [0.05, 0.1) is 98.0 Å². The van der Waals surface area contributed by atoms with Crippen LogP contribution in [0.5, 0.6) is 0 Å². The quantitative estimate of drug-likeness (QED) is 0.0857. The van der Waals surface area contributed by atoms with Crippen LogP contribution in [0.3, 0.4) is 0 Å². The van der Waals surface area contributed by atoms with Crippen LogP contribution in [0.4, 0.5) is 0 Å². The smallest absolute Gasteiger partial charge is 0.338 e. The number of hydrogen-bond donors (Lipinski definition) is 2. The Labute approximate surface area is 381 Å². The fourth-order valence-corrected chi connectivity index (χ4v) is 10.4. The van der Waals surface area contributed by atoms with Gasteiger partial charge in [-0.1, -0.05) is 18.1 Å². The number of allylic oxidation sites excluding steroid dienone is 2. The van der Waals surface area contributed by atoms with Gasteiger partial charge in [-0.25, -0.2) is 29.2 Å². The summed E-state index contributed by atoms with van der Waals surface area (Å²) in [5.41, 5.74) is 15.8. The number of esters is 4. The first-order valence-electron chi connectivity index (χ1n) is 20.6. The largest absolute Gasteiger partial charge is 0.466 e. The molecular formula is C48H41N7O8S2. The van der Waals surface area contributed by atoms with E-state index >= 15 is 0 Å². The predicted octanol–water partition coefficient (Wildman–Crippen LogP) is 6.68. The minimum absolute atomic E-state index is 0.0605. The molecule has 65 heavy (non-hydrogen) atoms. The summed E-state index contributed by atoms with van der Waals surface area (Å²) in [6, 6.07) is 14.6. The molecule has 2 fully saturated rings. The summed E-state index contributed by atoms with van der Waals surface area (Å²) in [5.74, 6) is -0.712. The van der Waals surface area contributed by atoms with Gasteiger partial charge in [-0.2, -0.15) is 15.8 Å². The third kappa shape index (κ3) is 7.90. The highest BCUT2D eigenvalue weighted by Crippen LogP contribution is 2.51. The van der Waals surface area contributed by atoms with Crippen LogP contribution in [-0.4, -0.2) is 60.8 Å². The lowest BCUT2D eigenvalue weighted by atomic mass is 9.79. The molecule has 4 aromatic rings. The Kier molecular flexibility index (Phi) is 12.1. The van der Waals surface area contributed by atoms with E-state index in [-0.39, 0.29) is 88.1 Å². The molecule has 0 radical (unpaired) electrons. The molecule has 2 unspecified atom stereocenters. The summed E-state index contributed by atoms with van der Waals surface area (Å²) >= 11 is 2.45. The number of rotatable bonds is 12. The zero-order chi connectivity index (χ0) is 46.3. The summed E-state index contributed by atoms with van der Waals surface area (Å²) < 4.78 is 24.1. The van der Waals surface area contributed by atoms with Crippen LogP contribution in [0, 0.1) is 57.7 Å². The number of thiophene rings is 2. The average Bonchev–Trinajstić information content (AvgIpc) is 4.24. The lowest BCUT2D eigenvalue weighted by Gasteiger charge is -2.47. The van der Waals surface area contributed by atoms with Gasteiger partial charge in [-0.15, -0.1) is 28.6 Å². The van der Waals surface area contributed by atoms with Crippen LogP contribution < -0.4 is 11.5 Å². The van der Waals surface area contributed by atoms with Crippen molar-refractivity contribution in [1.82, 2.24) is 10.0 Å². The van der Waals surface area contributed by atoms with E-state index in [1.807, 2.05) is 0 Å². The van der Waals surface area contributed by atoms with Crippen molar-refractivity contribution < 1.29 is 38.1 Å². The molecule has 15 nitrogen and oxygen atoms in total. The Balaban J connectivity index is 1.41. The first-order valence-corrected chi connectivity index (χ1v) is 22.4. The second kappa shape index (κ2) is 17.9. The maximum absolute atomic E-state index is 14.7. The molecule has 2 aromatic carbocycles. The zero-order valence-corrected chi connectivity index (χ0v) is 37.4. The molecule has 2 aliphatic carbocycles. The number of carbonyl (C=O) groups excluding carboxylic acids is 4. The summed E-state index contributed by atoms with van der Waals surface area (Å²) in [4.78, 5) is 58.4. The first-order chi connectivity index (χ1) is 31.4. The number of carbonyl (C=O) groups is 4. The molecule has 2 aliphatic heterocycles. The van der Waals surface area contributed by atoms with Crippen molar-refractivity contribution >= 4 is 66.7 Å².